The van der Waals surface area contributed by atoms with Crippen LogP contribution in [0.3, 0.4) is 0 Å². The molecule has 2 aromatic carbocycles. The van der Waals surface area contributed by atoms with E-state index in [1.54, 1.807) is 0 Å². The number of ether oxygens (including phenoxy) is 1. The van der Waals surface area contributed by atoms with Gasteiger partial charge in [-0.15, -0.1) is 11.3 Å². The summed E-state index contributed by atoms with van der Waals surface area (Å²) in [4.78, 5) is 21.3. The number of aromatic nitrogens is 1. The maximum absolute atomic E-state index is 12.7. The summed E-state index contributed by atoms with van der Waals surface area (Å²) in [5, 5.41) is 3.38. The molecule has 0 spiro atoms. The predicted molar refractivity (Wildman–Crippen MR) is 117 cm³/mol. The van der Waals surface area contributed by atoms with Gasteiger partial charge in [0, 0.05) is 42.1 Å². The summed E-state index contributed by atoms with van der Waals surface area (Å²) in [6, 6.07) is 15.4. The smallest absolute Gasteiger partial charge is 0.273 e. The third kappa shape index (κ3) is 4.96. The summed E-state index contributed by atoms with van der Waals surface area (Å²) in [5.74, 6) is 0.793. The Morgan fingerprint density at radius 1 is 1.14 bits per heavy atom. The number of thiazole rings is 1. The monoisotopic (exact) mass is 427 g/mol. The minimum atomic E-state index is 0.0158. The Bertz CT molecular complexity index is 982. The quantitative estimate of drug-likeness (QED) is 0.604. The molecular formula is C22H22ClN3O2S. The highest BCUT2D eigenvalue weighted by Crippen LogP contribution is 2.27. The molecule has 3 aromatic rings. The summed E-state index contributed by atoms with van der Waals surface area (Å²) >= 11 is 7.49. The molecule has 0 bridgehead atoms. The highest BCUT2D eigenvalue weighted by atomic mass is 35.5. The van der Waals surface area contributed by atoms with Crippen molar-refractivity contribution in [2.24, 2.45) is 0 Å². The van der Waals surface area contributed by atoms with Crippen LogP contribution in [0.2, 0.25) is 5.02 Å². The number of hydrogen-bond acceptors (Lipinski definition) is 5. The van der Waals surface area contributed by atoms with E-state index in [9.17, 15) is 4.79 Å². The van der Waals surface area contributed by atoms with E-state index in [-0.39, 0.29) is 5.91 Å². The molecule has 0 N–H and O–H groups in total. The van der Waals surface area contributed by atoms with Crippen LogP contribution in [0.15, 0.2) is 53.9 Å². The molecular weight excluding hydrogens is 406 g/mol. The van der Waals surface area contributed by atoms with Gasteiger partial charge in [0.15, 0.2) is 0 Å². The molecule has 4 rings (SSSR count). The van der Waals surface area contributed by atoms with Crippen LogP contribution in [0.4, 0.5) is 0 Å². The molecule has 7 heteroatoms. The molecule has 1 aliphatic rings. The Morgan fingerprint density at radius 2 is 1.90 bits per heavy atom. The van der Waals surface area contributed by atoms with Crippen molar-refractivity contribution in [3.05, 3.63) is 70.2 Å². The zero-order chi connectivity index (χ0) is 20.2. The van der Waals surface area contributed by atoms with Gasteiger partial charge in [0.25, 0.3) is 5.91 Å². The number of piperazine rings is 1. The number of likely N-dealkylation sites (N-methyl/N-ethyl adjacent to an activating group) is 1. The standard InChI is InChI=1S/C22H22ClN3O2S/c1-25-9-11-26(12-10-25)22(27)20-15-29-21(24-20)17-5-7-19(8-6-17)28-14-16-3-2-4-18(23)13-16/h2-8,13,15H,9-12,14H2,1H3. The van der Waals surface area contributed by atoms with Crippen LogP contribution in [-0.4, -0.2) is 53.9 Å². The highest BCUT2D eigenvalue weighted by molar-refractivity contribution is 7.13. The summed E-state index contributed by atoms with van der Waals surface area (Å²) in [5.41, 5.74) is 2.52. The lowest BCUT2D eigenvalue weighted by Gasteiger charge is -2.31. The van der Waals surface area contributed by atoms with Crippen LogP contribution >= 0.6 is 22.9 Å². The van der Waals surface area contributed by atoms with E-state index in [1.807, 2.05) is 58.8 Å². The van der Waals surface area contributed by atoms with Crippen LogP contribution in [0.1, 0.15) is 16.1 Å². The number of rotatable bonds is 5. The van der Waals surface area contributed by atoms with Gasteiger partial charge in [0.05, 0.1) is 0 Å². The molecule has 1 saturated heterocycles. The number of hydrogen-bond donors (Lipinski definition) is 0. The molecule has 0 atom stereocenters. The third-order valence-electron chi connectivity index (χ3n) is 4.91. The van der Waals surface area contributed by atoms with Gasteiger partial charge in [0.1, 0.15) is 23.1 Å². The van der Waals surface area contributed by atoms with Gasteiger partial charge < -0.3 is 14.5 Å². The number of nitrogens with zero attached hydrogens (tertiary/aromatic N) is 3. The largest absolute Gasteiger partial charge is 0.489 e. The number of benzene rings is 2. The fourth-order valence-corrected chi connectivity index (χ4v) is 4.18. The fourth-order valence-electron chi connectivity index (χ4n) is 3.16. The van der Waals surface area contributed by atoms with E-state index in [1.165, 1.54) is 11.3 Å². The minimum absolute atomic E-state index is 0.0158. The van der Waals surface area contributed by atoms with Gasteiger partial charge in [-0.3, -0.25) is 4.79 Å². The molecule has 0 aliphatic carbocycles. The van der Waals surface area contributed by atoms with Gasteiger partial charge in [-0.25, -0.2) is 4.98 Å². The fraction of sp³-hybridized carbons (Fsp3) is 0.273. The second-order valence-electron chi connectivity index (χ2n) is 7.08. The van der Waals surface area contributed by atoms with E-state index < -0.39 is 0 Å². The van der Waals surface area contributed by atoms with E-state index in [0.717, 1.165) is 48.1 Å². The Balaban J connectivity index is 1.38. The van der Waals surface area contributed by atoms with Crippen molar-refractivity contribution in [3.8, 4) is 16.3 Å². The Labute approximate surface area is 179 Å². The van der Waals surface area contributed by atoms with Crippen molar-refractivity contribution < 1.29 is 9.53 Å². The average Bonchev–Trinajstić information content (AvgIpc) is 3.23. The Hall–Kier alpha value is -2.41. The first kappa shape index (κ1) is 19.9. The lowest BCUT2D eigenvalue weighted by atomic mass is 10.2. The molecule has 2 heterocycles. The summed E-state index contributed by atoms with van der Waals surface area (Å²) in [6.07, 6.45) is 0. The molecule has 1 fully saturated rings. The zero-order valence-electron chi connectivity index (χ0n) is 16.2. The maximum atomic E-state index is 12.7. The van der Waals surface area contributed by atoms with Crippen LogP contribution in [0, 0.1) is 0 Å². The van der Waals surface area contributed by atoms with Crippen molar-refractivity contribution in [1.82, 2.24) is 14.8 Å². The van der Waals surface area contributed by atoms with Gasteiger partial charge in [-0.05, 0) is 49.0 Å². The molecule has 1 amide bonds. The van der Waals surface area contributed by atoms with Crippen LogP contribution in [0.25, 0.3) is 10.6 Å². The van der Waals surface area contributed by atoms with E-state index >= 15 is 0 Å². The highest BCUT2D eigenvalue weighted by Gasteiger charge is 2.22. The average molecular weight is 428 g/mol. The zero-order valence-corrected chi connectivity index (χ0v) is 17.7. The van der Waals surface area contributed by atoms with Crippen LogP contribution in [-0.2, 0) is 6.61 Å². The van der Waals surface area contributed by atoms with Crippen molar-refractivity contribution in [1.29, 1.82) is 0 Å². The summed E-state index contributed by atoms with van der Waals surface area (Å²) in [7, 11) is 2.07. The molecule has 0 saturated carbocycles. The topological polar surface area (TPSA) is 45.7 Å². The first-order chi connectivity index (χ1) is 14.1. The number of halogens is 1. The minimum Gasteiger partial charge on any atom is -0.489 e. The van der Waals surface area contributed by atoms with Crippen molar-refractivity contribution >= 4 is 28.8 Å². The number of amides is 1. The van der Waals surface area contributed by atoms with Gasteiger partial charge in [-0.1, -0.05) is 23.7 Å². The second kappa shape index (κ2) is 8.95. The molecule has 29 heavy (non-hydrogen) atoms. The van der Waals surface area contributed by atoms with Gasteiger partial charge in [0.2, 0.25) is 0 Å². The van der Waals surface area contributed by atoms with Crippen molar-refractivity contribution in [2.45, 2.75) is 6.61 Å². The second-order valence-corrected chi connectivity index (χ2v) is 8.37. The van der Waals surface area contributed by atoms with Crippen molar-refractivity contribution in [2.75, 3.05) is 33.2 Å². The lowest BCUT2D eigenvalue weighted by Crippen LogP contribution is -2.47. The Kier molecular flexibility index (Phi) is 6.13. The molecule has 150 valence electrons. The van der Waals surface area contributed by atoms with E-state index in [4.69, 9.17) is 16.3 Å². The molecule has 0 unspecified atom stereocenters. The molecule has 5 nitrogen and oxygen atoms in total. The normalized spacial score (nSPS) is 14.8. The van der Waals surface area contributed by atoms with Gasteiger partial charge >= 0.3 is 0 Å². The third-order valence-corrected chi connectivity index (χ3v) is 6.04. The molecule has 1 aromatic heterocycles. The lowest BCUT2D eigenvalue weighted by molar-refractivity contribution is 0.0659. The summed E-state index contributed by atoms with van der Waals surface area (Å²) in [6.45, 7) is 3.77. The predicted octanol–water partition coefficient (Wildman–Crippen LogP) is 4.43. The van der Waals surface area contributed by atoms with Gasteiger partial charge in [-0.2, -0.15) is 0 Å². The van der Waals surface area contributed by atoms with Crippen LogP contribution < -0.4 is 4.74 Å². The first-order valence-corrected chi connectivity index (χ1v) is 10.8. The Morgan fingerprint density at radius 3 is 2.62 bits per heavy atom. The molecule has 0 radical (unpaired) electrons. The first-order valence-electron chi connectivity index (χ1n) is 9.49. The van der Waals surface area contributed by atoms with E-state index in [0.29, 0.717) is 17.3 Å². The van der Waals surface area contributed by atoms with Crippen molar-refractivity contribution in [3.63, 3.8) is 0 Å². The SMILES string of the molecule is CN1CCN(C(=O)c2csc(-c3ccc(OCc4cccc(Cl)c4)cc3)n2)CC1. The number of carbonyl (C=O) groups excluding carboxylic acids is 1. The summed E-state index contributed by atoms with van der Waals surface area (Å²) < 4.78 is 5.83. The maximum Gasteiger partial charge on any atom is 0.273 e. The number of carbonyl (C=O) groups is 1. The molecule has 1 aliphatic heterocycles. The van der Waals surface area contributed by atoms with E-state index in [2.05, 4.69) is 16.9 Å². The van der Waals surface area contributed by atoms with Crippen LogP contribution in [0.5, 0.6) is 5.75 Å².